The molecule has 0 saturated heterocycles. The van der Waals surface area contributed by atoms with Crippen LogP contribution in [0.25, 0.3) is 5.69 Å². The summed E-state index contributed by atoms with van der Waals surface area (Å²) in [5.41, 5.74) is 0.0457. The van der Waals surface area contributed by atoms with Crippen molar-refractivity contribution in [3.63, 3.8) is 0 Å². The fourth-order valence-corrected chi connectivity index (χ4v) is 1.77. The molecule has 2 aromatic rings. The van der Waals surface area contributed by atoms with E-state index in [9.17, 15) is 8.78 Å². The Kier molecular flexibility index (Phi) is 2.58. The lowest BCUT2D eigenvalue weighted by atomic mass is 10.3. The van der Waals surface area contributed by atoms with Gasteiger partial charge in [-0.3, -0.25) is 4.57 Å². The van der Waals surface area contributed by atoms with Gasteiger partial charge in [0.25, 0.3) is 0 Å². The van der Waals surface area contributed by atoms with Crippen molar-refractivity contribution in [1.29, 1.82) is 0 Å². The lowest BCUT2D eigenvalue weighted by Gasteiger charge is -2.06. The summed E-state index contributed by atoms with van der Waals surface area (Å²) in [6, 6.07) is 1.80. The number of aromatic amines is 1. The quantitative estimate of drug-likeness (QED) is 0.764. The molecular weight excluding hydrogens is 242 g/mol. The van der Waals surface area contributed by atoms with Gasteiger partial charge in [-0.25, -0.2) is 8.78 Å². The van der Waals surface area contributed by atoms with Gasteiger partial charge in [-0.15, -0.1) is 0 Å². The Morgan fingerprint density at radius 2 is 2.07 bits per heavy atom. The summed E-state index contributed by atoms with van der Waals surface area (Å²) >= 11 is 10.6. The highest BCUT2D eigenvalue weighted by molar-refractivity contribution is 7.71. The van der Waals surface area contributed by atoms with Gasteiger partial charge in [0.2, 0.25) is 0 Å². The second-order valence-electron chi connectivity index (χ2n) is 2.85. The summed E-state index contributed by atoms with van der Waals surface area (Å²) in [6.45, 7) is 0. The van der Waals surface area contributed by atoms with Gasteiger partial charge in [-0.2, -0.15) is 0 Å². The van der Waals surface area contributed by atoms with Crippen molar-refractivity contribution in [3.05, 3.63) is 46.0 Å². The van der Waals surface area contributed by atoms with E-state index in [1.807, 2.05) is 0 Å². The molecule has 0 radical (unpaired) electrons. The molecule has 0 unspecified atom stereocenters. The molecule has 0 aliphatic rings. The van der Waals surface area contributed by atoms with Crippen molar-refractivity contribution in [2.45, 2.75) is 0 Å². The second-order valence-corrected chi connectivity index (χ2v) is 3.65. The van der Waals surface area contributed by atoms with E-state index >= 15 is 0 Å². The zero-order valence-corrected chi connectivity index (χ0v) is 8.87. The van der Waals surface area contributed by atoms with E-state index < -0.39 is 11.6 Å². The van der Waals surface area contributed by atoms with Crippen LogP contribution in [0.2, 0.25) is 5.02 Å². The number of rotatable bonds is 1. The van der Waals surface area contributed by atoms with Crippen molar-refractivity contribution in [1.82, 2.24) is 9.55 Å². The highest BCUT2D eigenvalue weighted by Gasteiger charge is 2.12. The van der Waals surface area contributed by atoms with Crippen LogP contribution in [-0.2, 0) is 0 Å². The van der Waals surface area contributed by atoms with E-state index in [4.69, 9.17) is 23.8 Å². The van der Waals surface area contributed by atoms with Gasteiger partial charge in [0.15, 0.2) is 10.6 Å². The molecule has 1 aromatic heterocycles. The average Bonchev–Trinajstić information content (AvgIpc) is 2.50. The Bertz CT molecular complexity index is 538. The van der Waals surface area contributed by atoms with Crippen LogP contribution >= 0.6 is 23.8 Å². The number of hydrogen-bond donors (Lipinski definition) is 1. The zero-order valence-electron chi connectivity index (χ0n) is 7.30. The normalized spacial score (nSPS) is 10.6. The van der Waals surface area contributed by atoms with E-state index in [0.717, 1.165) is 12.1 Å². The number of halogens is 3. The van der Waals surface area contributed by atoms with Crippen LogP contribution in [0.4, 0.5) is 8.78 Å². The minimum atomic E-state index is -0.754. The minimum absolute atomic E-state index is 0.0248. The summed E-state index contributed by atoms with van der Waals surface area (Å²) in [5.74, 6) is -1.47. The number of benzene rings is 1. The Labute approximate surface area is 94.1 Å². The Morgan fingerprint density at radius 3 is 2.60 bits per heavy atom. The van der Waals surface area contributed by atoms with Crippen LogP contribution in [0, 0.1) is 16.4 Å². The molecule has 0 aliphatic carbocycles. The van der Waals surface area contributed by atoms with Crippen molar-refractivity contribution >= 4 is 23.8 Å². The smallest absolute Gasteiger partial charge is 0.181 e. The number of imidazole rings is 1. The molecule has 6 heteroatoms. The molecule has 0 amide bonds. The van der Waals surface area contributed by atoms with Gasteiger partial charge >= 0.3 is 0 Å². The topological polar surface area (TPSA) is 20.7 Å². The van der Waals surface area contributed by atoms with Gasteiger partial charge in [0, 0.05) is 18.5 Å². The van der Waals surface area contributed by atoms with E-state index in [1.54, 1.807) is 6.20 Å². The van der Waals surface area contributed by atoms with Crippen LogP contribution in [-0.4, -0.2) is 9.55 Å². The molecule has 15 heavy (non-hydrogen) atoms. The van der Waals surface area contributed by atoms with E-state index in [2.05, 4.69) is 4.98 Å². The predicted molar refractivity (Wildman–Crippen MR) is 55.9 cm³/mol. The van der Waals surface area contributed by atoms with Crippen molar-refractivity contribution < 1.29 is 8.78 Å². The van der Waals surface area contributed by atoms with Crippen LogP contribution in [0.5, 0.6) is 0 Å². The van der Waals surface area contributed by atoms with Crippen molar-refractivity contribution in [2.24, 2.45) is 0 Å². The summed E-state index contributed by atoms with van der Waals surface area (Å²) in [7, 11) is 0. The maximum atomic E-state index is 13.4. The second kappa shape index (κ2) is 3.75. The number of nitrogens with one attached hydrogen (secondary N) is 1. The fraction of sp³-hybridized carbons (Fsp3) is 0. The fourth-order valence-electron chi connectivity index (χ4n) is 1.26. The minimum Gasteiger partial charge on any atom is -0.337 e. The van der Waals surface area contributed by atoms with Gasteiger partial charge in [0.05, 0.1) is 5.02 Å². The molecule has 0 fully saturated rings. The van der Waals surface area contributed by atoms with Gasteiger partial charge in [-0.1, -0.05) is 11.6 Å². The first kappa shape index (κ1) is 10.3. The number of nitrogens with zero attached hydrogens (tertiary/aromatic N) is 1. The third-order valence-electron chi connectivity index (χ3n) is 1.87. The first-order chi connectivity index (χ1) is 7.09. The third kappa shape index (κ3) is 1.80. The van der Waals surface area contributed by atoms with Crippen LogP contribution < -0.4 is 0 Å². The standard InChI is InChI=1S/C9H5ClF2N2S/c10-6-3-5(11)4-7(12)8(6)14-2-1-13-9(14)15/h1-4H,(H,13,15). The van der Waals surface area contributed by atoms with E-state index in [1.165, 1.54) is 10.8 Å². The molecule has 1 heterocycles. The number of hydrogen-bond acceptors (Lipinski definition) is 1. The molecular formula is C9H5ClF2N2S. The number of H-pyrrole nitrogens is 1. The van der Waals surface area contributed by atoms with Crippen LogP contribution in [0.1, 0.15) is 0 Å². The molecule has 0 atom stereocenters. The van der Waals surface area contributed by atoms with Gasteiger partial charge in [-0.05, 0) is 18.3 Å². The van der Waals surface area contributed by atoms with E-state index in [0.29, 0.717) is 4.77 Å². The average molecular weight is 247 g/mol. The maximum absolute atomic E-state index is 13.4. The molecule has 0 spiro atoms. The zero-order chi connectivity index (χ0) is 11.0. The van der Waals surface area contributed by atoms with Crippen molar-refractivity contribution in [2.75, 3.05) is 0 Å². The van der Waals surface area contributed by atoms with Crippen LogP contribution in [0.3, 0.4) is 0 Å². The highest BCUT2D eigenvalue weighted by Crippen LogP contribution is 2.25. The molecule has 0 saturated carbocycles. The largest absolute Gasteiger partial charge is 0.337 e. The molecule has 0 aliphatic heterocycles. The Morgan fingerprint density at radius 1 is 1.33 bits per heavy atom. The lowest BCUT2D eigenvalue weighted by Crippen LogP contribution is -1.98. The number of aromatic nitrogens is 2. The summed E-state index contributed by atoms with van der Waals surface area (Å²) in [6.07, 6.45) is 3.06. The predicted octanol–water partition coefficient (Wildman–Crippen LogP) is 3.47. The maximum Gasteiger partial charge on any atom is 0.181 e. The van der Waals surface area contributed by atoms with E-state index in [-0.39, 0.29) is 10.7 Å². The van der Waals surface area contributed by atoms with Crippen molar-refractivity contribution in [3.8, 4) is 5.69 Å². The monoisotopic (exact) mass is 246 g/mol. The molecule has 1 N–H and O–H groups in total. The molecule has 1 aromatic carbocycles. The molecule has 2 nitrogen and oxygen atoms in total. The molecule has 0 bridgehead atoms. The van der Waals surface area contributed by atoms with Gasteiger partial charge < -0.3 is 4.98 Å². The summed E-state index contributed by atoms with van der Waals surface area (Å²) in [4.78, 5) is 2.69. The highest BCUT2D eigenvalue weighted by atomic mass is 35.5. The molecule has 2 rings (SSSR count). The Balaban J connectivity index is 2.74. The summed E-state index contributed by atoms with van der Waals surface area (Å²) < 4.78 is 27.9. The first-order valence-electron chi connectivity index (χ1n) is 4.00. The summed E-state index contributed by atoms with van der Waals surface area (Å²) in [5, 5.41) is -0.0248. The molecule has 78 valence electrons. The lowest BCUT2D eigenvalue weighted by molar-refractivity contribution is 0.577. The van der Waals surface area contributed by atoms with Crippen LogP contribution in [0.15, 0.2) is 24.5 Å². The first-order valence-corrected chi connectivity index (χ1v) is 4.79. The SMILES string of the molecule is Fc1cc(F)c(-n2cc[nH]c2=S)c(Cl)c1. The third-order valence-corrected chi connectivity index (χ3v) is 2.47. The Hall–Kier alpha value is -1.20. The van der Waals surface area contributed by atoms with Gasteiger partial charge in [0.1, 0.15) is 11.5 Å².